The smallest absolute Gasteiger partial charge is 0.340 e. The van der Waals surface area contributed by atoms with Gasteiger partial charge in [-0.25, -0.2) is 4.79 Å². The van der Waals surface area contributed by atoms with E-state index in [0.29, 0.717) is 23.1 Å². The molecule has 0 unspecified atom stereocenters. The number of quaternary nitrogens is 1. The van der Waals surface area contributed by atoms with Crippen molar-refractivity contribution < 1.29 is 24.4 Å². The van der Waals surface area contributed by atoms with Crippen molar-refractivity contribution in [3.8, 4) is 5.75 Å². The molecule has 6 heteroatoms. The van der Waals surface area contributed by atoms with E-state index in [9.17, 15) is 14.7 Å². The van der Waals surface area contributed by atoms with E-state index >= 15 is 0 Å². The maximum absolute atomic E-state index is 12.5. The molecular formula is C24H27NO5. The molecule has 30 heavy (non-hydrogen) atoms. The number of carbonyl (C=O) groups is 1. The summed E-state index contributed by atoms with van der Waals surface area (Å²) in [5.41, 5.74) is 3.30. The Hall–Kier alpha value is -3.12. The van der Waals surface area contributed by atoms with Crippen molar-refractivity contribution >= 4 is 22.6 Å². The summed E-state index contributed by atoms with van der Waals surface area (Å²) in [6, 6.07) is 11.4. The number of hydrogen-bond donors (Lipinski definition) is 1. The van der Waals surface area contributed by atoms with E-state index in [2.05, 4.69) is 23.8 Å². The molecule has 3 rings (SSSR count). The quantitative estimate of drug-likeness (QED) is 0.350. The molecule has 3 aromatic rings. The van der Waals surface area contributed by atoms with E-state index in [0.717, 1.165) is 24.9 Å². The van der Waals surface area contributed by atoms with Gasteiger partial charge in [0.25, 0.3) is 0 Å². The minimum Gasteiger partial charge on any atom is -0.872 e. The second kappa shape index (κ2) is 9.59. The molecule has 1 heterocycles. The minimum atomic E-state index is -0.613. The monoisotopic (exact) mass is 409 g/mol. The summed E-state index contributed by atoms with van der Waals surface area (Å²) >= 11 is 0. The second-order valence-corrected chi connectivity index (χ2v) is 7.42. The number of aryl methyl sites for hydroxylation is 2. The van der Waals surface area contributed by atoms with Crippen molar-refractivity contribution in [2.45, 2.75) is 46.1 Å². The number of nitrogens with two attached hydrogens (primary N) is 1. The topological polar surface area (TPSA) is 96.2 Å². The van der Waals surface area contributed by atoms with Crippen molar-refractivity contribution in [1.82, 2.24) is 0 Å². The highest BCUT2D eigenvalue weighted by Gasteiger charge is 2.18. The third-order valence-corrected chi connectivity index (χ3v) is 5.40. The van der Waals surface area contributed by atoms with Crippen LogP contribution in [0.4, 0.5) is 5.69 Å². The summed E-state index contributed by atoms with van der Waals surface area (Å²) in [7, 11) is 1.27. The van der Waals surface area contributed by atoms with Crippen LogP contribution < -0.4 is 16.0 Å². The second-order valence-electron chi connectivity index (χ2n) is 7.42. The Labute approximate surface area is 175 Å². The molecule has 0 saturated carbocycles. The van der Waals surface area contributed by atoms with Crippen LogP contribution in [0.2, 0.25) is 0 Å². The number of benzene rings is 2. The molecule has 2 aromatic carbocycles. The van der Waals surface area contributed by atoms with Crippen LogP contribution in [-0.2, 0) is 28.9 Å². The van der Waals surface area contributed by atoms with Gasteiger partial charge >= 0.3 is 11.6 Å². The van der Waals surface area contributed by atoms with Crippen molar-refractivity contribution in [3.63, 3.8) is 0 Å². The van der Waals surface area contributed by atoms with Gasteiger partial charge in [-0.15, -0.1) is 0 Å². The first kappa shape index (κ1) is 21.6. The van der Waals surface area contributed by atoms with Crippen LogP contribution in [-0.4, -0.2) is 13.1 Å². The Morgan fingerprint density at radius 3 is 2.53 bits per heavy atom. The molecule has 0 spiro atoms. The number of fused-ring (bicyclic) bond motifs is 1. The van der Waals surface area contributed by atoms with Crippen molar-refractivity contribution in [2.75, 3.05) is 7.11 Å². The molecule has 0 aliphatic carbocycles. The highest BCUT2D eigenvalue weighted by Crippen LogP contribution is 2.27. The molecule has 0 amide bonds. The summed E-state index contributed by atoms with van der Waals surface area (Å²) in [5.74, 6) is -0.692. The normalized spacial score (nSPS) is 11.0. The van der Waals surface area contributed by atoms with Gasteiger partial charge in [0.15, 0.2) is 0 Å². The molecule has 0 radical (unpaired) electrons. The Kier molecular flexibility index (Phi) is 6.90. The predicted molar refractivity (Wildman–Crippen MR) is 113 cm³/mol. The summed E-state index contributed by atoms with van der Waals surface area (Å²) in [5, 5.41) is 15.1. The molecule has 2 N–H and O–H groups in total. The van der Waals surface area contributed by atoms with Gasteiger partial charge in [-0.05, 0) is 43.0 Å². The molecule has 1 aromatic heterocycles. The maximum Gasteiger partial charge on any atom is 0.340 e. The van der Waals surface area contributed by atoms with Crippen LogP contribution in [0, 0.1) is 6.92 Å². The third-order valence-electron chi connectivity index (χ3n) is 5.40. The number of methoxy groups -OCH3 is 1. The fourth-order valence-electron chi connectivity index (χ4n) is 3.53. The minimum absolute atomic E-state index is 0.161. The SMILES string of the molecule is CCCCc1ccc([NH2+]Cc2c([O-])ccc3c(C)c(CC(=O)OC)c(=O)oc23)cc1. The first-order valence-electron chi connectivity index (χ1n) is 10.2. The summed E-state index contributed by atoms with van der Waals surface area (Å²) in [6.07, 6.45) is 3.22. The first-order valence-corrected chi connectivity index (χ1v) is 10.2. The van der Waals surface area contributed by atoms with Crippen LogP contribution >= 0.6 is 0 Å². The molecule has 0 bridgehead atoms. The van der Waals surface area contributed by atoms with E-state index < -0.39 is 11.6 Å². The molecule has 6 nitrogen and oxygen atoms in total. The first-order chi connectivity index (χ1) is 14.4. The van der Waals surface area contributed by atoms with Gasteiger partial charge < -0.3 is 19.6 Å². The van der Waals surface area contributed by atoms with Gasteiger partial charge in [-0.2, -0.15) is 0 Å². The Bertz CT molecular complexity index is 1100. The van der Waals surface area contributed by atoms with Crippen molar-refractivity contribution in [2.24, 2.45) is 0 Å². The number of rotatable bonds is 8. The fraction of sp³-hybridized carbons (Fsp3) is 0.333. The van der Waals surface area contributed by atoms with E-state index in [4.69, 9.17) is 4.42 Å². The zero-order valence-corrected chi connectivity index (χ0v) is 17.6. The fourth-order valence-corrected chi connectivity index (χ4v) is 3.53. The summed E-state index contributed by atoms with van der Waals surface area (Å²) in [4.78, 5) is 24.1. The highest BCUT2D eigenvalue weighted by molar-refractivity contribution is 5.86. The molecule has 0 aliphatic rings. The lowest BCUT2D eigenvalue weighted by atomic mass is 10.0. The largest absolute Gasteiger partial charge is 0.872 e. The Morgan fingerprint density at radius 2 is 1.87 bits per heavy atom. The third kappa shape index (κ3) is 4.71. The molecule has 0 aliphatic heterocycles. The van der Waals surface area contributed by atoms with Crippen LogP contribution in [0.25, 0.3) is 11.0 Å². The average Bonchev–Trinajstić information content (AvgIpc) is 2.75. The van der Waals surface area contributed by atoms with Crippen LogP contribution in [0.1, 0.15) is 42.0 Å². The van der Waals surface area contributed by atoms with E-state index in [1.807, 2.05) is 17.4 Å². The number of ether oxygens (including phenoxy) is 1. The zero-order valence-electron chi connectivity index (χ0n) is 17.6. The molecule has 0 fully saturated rings. The van der Waals surface area contributed by atoms with E-state index in [1.54, 1.807) is 13.0 Å². The van der Waals surface area contributed by atoms with Gasteiger partial charge in [0, 0.05) is 10.9 Å². The number of esters is 1. The van der Waals surface area contributed by atoms with Gasteiger partial charge in [0.05, 0.1) is 19.1 Å². The summed E-state index contributed by atoms with van der Waals surface area (Å²) < 4.78 is 10.2. The lowest BCUT2D eigenvalue weighted by Crippen LogP contribution is -2.76. The van der Waals surface area contributed by atoms with Crippen LogP contribution in [0.15, 0.2) is 45.6 Å². The molecule has 158 valence electrons. The molecule has 0 saturated heterocycles. The van der Waals surface area contributed by atoms with Crippen molar-refractivity contribution in [1.29, 1.82) is 0 Å². The standard InChI is InChI=1S/C24H27NO5/c1-4-5-6-16-7-9-17(10-8-16)25-14-20-21(26)12-11-18-15(2)19(13-22(27)29-3)24(28)30-23(18)20/h7-12,25-26H,4-6,13-14H2,1-3H3. The Morgan fingerprint density at radius 1 is 1.13 bits per heavy atom. The maximum atomic E-state index is 12.5. The lowest BCUT2D eigenvalue weighted by Gasteiger charge is -2.16. The zero-order chi connectivity index (χ0) is 21.7. The summed E-state index contributed by atoms with van der Waals surface area (Å²) in [6.45, 7) is 4.28. The number of unbranched alkanes of at least 4 members (excludes halogenated alkanes) is 1. The van der Waals surface area contributed by atoms with Gasteiger partial charge in [0.2, 0.25) is 0 Å². The highest BCUT2D eigenvalue weighted by atomic mass is 16.5. The van der Waals surface area contributed by atoms with Gasteiger partial charge in [0.1, 0.15) is 17.8 Å². The average molecular weight is 409 g/mol. The van der Waals surface area contributed by atoms with Crippen molar-refractivity contribution in [3.05, 3.63) is 69.1 Å². The van der Waals surface area contributed by atoms with Crippen LogP contribution in [0.3, 0.4) is 0 Å². The molecule has 0 atom stereocenters. The van der Waals surface area contributed by atoms with Gasteiger partial charge in [-0.3, -0.25) is 4.79 Å². The van der Waals surface area contributed by atoms with Crippen LogP contribution in [0.5, 0.6) is 5.75 Å². The lowest BCUT2D eigenvalue weighted by molar-refractivity contribution is -0.589. The van der Waals surface area contributed by atoms with E-state index in [-0.39, 0.29) is 23.3 Å². The number of carbonyl (C=O) groups excluding carboxylic acids is 1. The Balaban J connectivity index is 1.89. The number of hydrogen-bond acceptors (Lipinski definition) is 5. The predicted octanol–water partition coefficient (Wildman–Crippen LogP) is 2.63. The molecular weight excluding hydrogens is 382 g/mol. The van der Waals surface area contributed by atoms with E-state index in [1.165, 1.54) is 18.7 Å². The van der Waals surface area contributed by atoms with Gasteiger partial charge in [-0.1, -0.05) is 43.4 Å².